The van der Waals surface area contributed by atoms with E-state index >= 15 is 0 Å². The van der Waals surface area contributed by atoms with Gasteiger partial charge in [0.15, 0.2) is 0 Å². The molecular weight excluding hydrogens is 246 g/mol. The van der Waals surface area contributed by atoms with E-state index in [2.05, 4.69) is 11.1 Å². The van der Waals surface area contributed by atoms with Crippen molar-refractivity contribution >= 4 is 17.9 Å². The van der Waals surface area contributed by atoms with Gasteiger partial charge in [-0.2, -0.15) is 0 Å². The van der Waals surface area contributed by atoms with Crippen LogP contribution >= 0.6 is 11.6 Å². The fourth-order valence-electron chi connectivity index (χ4n) is 2.68. The Labute approximate surface area is 111 Å². The van der Waals surface area contributed by atoms with Crippen LogP contribution in [-0.4, -0.2) is 11.3 Å². The zero-order chi connectivity index (χ0) is 12.5. The summed E-state index contributed by atoms with van der Waals surface area (Å²) in [5.74, 6) is 0.221. The van der Waals surface area contributed by atoms with Gasteiger partial charge in [0.2, 0.25) is 0 Å². The van der Waals surface area contributed by atoms with Gasteiger partial charge in [-0.25, -0.2) is 0 Å². The maximum atomic E-state index is 11.2. The van der Waals surface area contributed by atoms with E-state index < -0.39 is 0 Å². The Hall–Kier alpha value is -1.67. The average molecular weight is 258 g/mol. The Morgan fingerprint density at radius 3 is 3.06 bits per heavy atom. The molecule has 1 aliphatic rings. The van der Waals surface area contributed by atoms with Crippen LogP contribution in [0.15, 0.2) is 36.5 Å². The second kappa shape index (κ2) is 4.54. The summed E-state index contributed by atoms with van der Waals surface area (Å²) in [6.07, 6.45) is 4.72. The summed E-state index contributed by atoms with van der Waals surface area (Å²) < 4.78 is 0. The average Bonchev–Trinajstić information content (AvgIpc) is 2.82. The highest BCUT2D eigenvalue weighted by atomic mass is 35.5. The zero-order valence-corrected chi connectivity index (χ0v) is 10.5. The minimum Gasteiger partial charge on any atom is -0.298 e. The fraction of sp³-hybridized carbons (Fsp3) is 0.200. The molecule has 0 amide bonds. The number of carbonyl (C=O) groups excluding carboxylic acids is 1. The van der Waals surface area contributed by atoms with Crippen molar-refractivity contribution in [3.8, 4) is 0 Å². The number of aryl methyl sites for hydroxylation is 1. The third-order valence-corrected chi connectivity index (χ3v) is 3.74. The molecule has 0 fully saturated rings. The zero-order valence-electron chi connectivity index (χ0n) is 9.77. The highest BCUT2D eigenvalue weighted by Gasteiger charge is 2.26. The van der Waals surface area contributed by atoms with Crippen molar-refractivity contribution in [1.82, 2.24) is 4.98 Å². The molecule has 3 heteroatoms. The van der Waals surface area contributed by atoms with Crippen molar-refractivity contribution in [2.24, 2.45) is 0 Å². The first kappa shape index (κ1) is 11.4. The van der Waals surface area contributed by atoms with Gasteiger partial charge in [-0.15, -0.1) is 0 Å². The van der Waals surface area contributed by atoms with Crippen LogP contribution in [0.5, 0.6) is 0 Å². The minimum atomic E-state index is 0.221. The number of hydrogen-bond acceptors (Lipinski definition) is 2. The van der Waals surface area contributed by atoms with Crippen molar-refractivity contribution in [1.29, 1.82) is 0 Å². The van der Waals surface area contributed by atoms with Gasteiger partial charge in [0.25, 0.3) is 0 Å². The highest BCUT2D eigenvalue weighted by Crippen LogP contribution is 2.38. The number of pyridine rings is 1. The second-order valence-electron chi connectivity index (χ2n) is 4.53. The van der Waals surface area contributed by atoms with E-state index in [1.54, 1.807) is 6.07 Å². The third kappa shape index (κ3) is 1.83. The number of carbonyl (C=O) groups is 1. The predicted octanol–water partition coefficient (Wildman–Crippen LogP) is 3.63. The molecule has 2 aromatic rings. The monoisotopic (exact) mass is 257 g/mol. The lowest BCUT2D eigenvalue weighted by molar-refractivity contribution is 0.112. The third-order valence-electron chi connectivity index (χ3n) is 3.51. The van der Waals surface area contributed by atoms with E-state index in [-0.39, 0.29) is 5.92 Å². The first-order valence-electron chi connectivity index (χ1n) is 5.98. The molecule has 1 aromatic heterocycles. The molecule has 3 rings (SSSR count). The van der Waals surface area contributed by atoms with E-state index in [4.69, 9.17) is 11.6 Å². The van der Waals surface area contributed by atoms with Crippen molar-refractivity contribution in [3.05, 3.63) is 63.9 Å². The molecule has 0 bridgehead atoms. The number of fused-ring (bicyclic) bond motifs is 1. The van der Waals surface area contributed by atoms with E-state index in [0.29, 0.717) is 10.6 Å². The van der Waals surface area contributed by atoms with E-state index in [0.717, 1.165) is 30.4 Å². The van der Waals surface area contributed by atoms with Gasteiger partial charge < -0.3 is 0 Å². The molecule has 0 aliphatic heterocycles. The number of halogens is 1. The van der Waals surface area contributed by atoms with E-state index in [9.17, 15) is 4.79 Å². The van der Waals surface area contributed by atoms with Crippen LogP contribution in [0, 0.1) is 0 Å². The molecule has 1 unspecified atom stereocenters. The lowest BCUT2D eigenvalue weighted by Gasteiger charge is -2.13. The number of aromatic nitrogens is 1. The summed E-state index contributed by atoms with van der Waals surface area (Å²) in [6.45, 7) is 0. The Kier molecular flexibility index (Phi) is 2.88. The summed E-state index contributed by atoms with van der Waals surface area (Å²) in [5, 5.41) is 0.597. The molecule has 18 heavy (non-hydrogen) atoms. The SMILES string of the molecule is O=Cc1cc(Cl)ccc1C1CCc2cccnc21. The van der Waals surface area contributed by atoms with Crippen LogP contribution in [0.4, 0.5) is 0 Å². The number of hydrogen-bond donors (Lipinski definition) is 0. The lowest BCUT2D eigenvalue weighted by atomic mass is 9.92. The van der Waals surface area contributed by atoms with Gasteiger partial charge in [-0.3, -0.25) is 9.78 Å². The largest absolute Gasteiger partial charge is 0.298 e. The smallest absolute Gasteiger partial charge is 0.150 e. The maximum absolute atomic E-state index is 11.2. The lowest BCUT2D eigenvalue weighted by Crippen LogP contribution is -2.02. The Balaban J connectivity index is 2.10. The van der Waals surface area contributed by atoms with Gasteiger partial charge in [-0.05, 0) is 42.2 Å². The molecule has 90 valence electrons. The van der Waals surface area contributed by atoms with Gasteiger partial charge in [0, 0.05) is 22.7 Å². The minimum absolute atomic E-state index is 0.221. The summed E-state index contributed by atoms with van der Waals surface area (Å²) >= 11 is 5.93. The molecule has 0 saturated carbocycles. The van der Waals surface area contributed by atoms with E-state index in [1.807, 2.05) is 24.4 Å². The van der Waals surface area contributed by atoms with Gasteiger partial charge in [-0.1, -0.05) is 23.7 Å². The summed E-state index contributed by atoms with van der Waals surface area (Å²) in [5.41, 5.74) is 4.09. The number of nitrogens with zero attached hydrogens (tertiary/aromatic N) is 1. The number of aldehydes is 1. The number of rotatable bonds is 2. The first-order chi connectivity index (χ1) is 8.79. The Morgan fingerprint density at radius 2 is 2.22 bits per heavy atom. The summed E-state index contributed by atoms with van der Waals surface area (Å²) in [7, 11) is 0. The van der Waals surface area contributed by atoms with Gasteiger partial charge >= 0.3 is 0 Å². The highest BCUT2D eigenvalue weighted by molar-refractivity contribution is 6.30. The van der Waals surface area contributed by atoms with Crippen LogP contribution in [0.25, 0.3) is 0 Å². The Morgan fingerprint density at radius 1 is 1.33 bits per heavy atom. The molecule has 1 aliphatic carbocycles. The van der Waals surface area contributed by atoms with Crippen molar-refractivity contribution in [2.45, 2.75) is 18.8 Å². The molecular formula is C15H12ClNO. The molecule has 1 atom stereocenters. The van der Waals surface area contributed by atoms with Crippen LogP contribution in [0.2, 0.25) is 5.02 Å². The van der Waals surface area contributed by atoms with Crippen LogP contribution in [0.1, 0.15) is 39.5 Å². The summed E-state index contributed by atoms with van der Waals surface area (Å²) in [6, 6.07) is 9.58. The quantitative estimate of drug-likeness (QED) is 0.769. The van der Waals surface area contributed by atoms with Crippen molar-refractivity contribution in [2.75, 3.05) is 0 Å². The standard InChI is InChI=1S/C15H12ClNO/c16-12-4-6-13(11(8-12)9-18)14-5-3-10-2-1-7-17-15(10)14/h1-2,4,6-9,14H,3,5H2. The van der Waals surface area contributed by atoms with E-state index in [1.165, 1.54) is 5.56 Å². The van der Waals surface area contributed by atoms with Crippen molar-refractivity contribution < 1.29 is 4.79 Å². The summed E-state index contributed by atoms with van der Waals surface area (Å²) in [4.78, 5) is 15.6. The molecule has 2 nitrogen and oxygen atoms in total. The molecule has 0 N–H and O–H groups in total. The molecule has 0 saturated heterocycles. The van der Waals surface area contributed by atoms with Crippen LogP contribution in [-0.2, 0) is 6.42 Å². The number of benzene rings is 1. The molecule has 1 heterocycles. The Bertz CT molecular complexity index is 609. The normalized spacial score (nSPS) is 17.5. The fourth-order valence-corrected chi connectivity index (χ4v) is 2.86. The molecule has 1 aromatic carbocycles. The second-order valence-corrected chi connectivity index (χ2v) is 4.97. The van der Waals surface area contributed by atoms with Gasteiger partial charge in [0.1, 0.15) is 6.29 Å². The topological polar surface area (TPSA) is 30.0 Å². The van der Waals surface area contributed by atoms with Gasteiger partial charge in [0.05, 0.1) is 5.69 Å². The predicted molar refractivity (Wildman–Crippen MR) is 71.2 cm³/mol. The van der Waals surface area contributed by atoms with Crippen molar-refractivity contribution in [3.63, 3.8) is 0 Å². The molecule has 0 radical (unpaired) electrons. The molecule has 0 spiro atoms. The maximum Gasteiger partial charge on any atom is 0.150 e. The van der Waals surface area contributed by atoms with Crippen LogP contribution in [0.3, 0.4) is 0 Å². The van der Waals surface area contributed by atoms with Crippen LogP contribution < -0.4 is 0 Å². The first-order valence-corrected chi connectivity index (χ1v) is 6.36.